The Labute approximate surface area is 146 Å². The first kappa shape index (κ1) is 17.1. The van der Waals surface area contributed by atoms with Crippen LogP contribution in [0.4, 0.5) is 9.18 Å². The molecule has 5 nitrogen and oxygen atoms in total. The van der Waals surface area contributed by atoms with Crippen LogP contribution in [0.5, 0.6) is 11.5 Å². The zero-order valence-corrected chi connectivity index (χ0v) is 14.3. The molecule has 1 atom stereocenters. The van der Waals surface area contributed by atoms with Crippen molar-refractivity contribution in [3.8, 4) is 11.5 Å². The first-order chi connectivity index (χ1) is 12.1. The molecular weight excluding hydrogens is 323 g/mol. The molecule has 0 heterocycles. The number of rotatable bonds is 5. The Morgan fingerprint density at radius 2 is 1.96 bits per heavy atom. The second kappa shape index (κ2) is 7.42. The van der Waals surface area contributed by atoms with Crippen molar-refractivity contribution in [2.24, 2.45) is 0 Å². The Morgan fingerprint density at radius 1 is 1.16 bits per heavy atom. The highest BCUT2D eigenvalue weighted by Crippen LogP contribution is 2.31. The number of methoxy groups -OCH3 is 2. The molecule has 0 saturated carbocycles. The Hall–Kier alpha value is -2.76. The number of hydrogen-bond acceptors (Lipinski definition) is 3. The molecule has 132 valence electrons. The summed E-state index contributed by atoms with van der Waals surface area (Å²) in [6.07, 6.45) is 1.62. The highest BCUT2D eigenvalue weighted by Gasteiger charge is 2.24. The number of carbonyl (C=O) groups excluding carboxylic acids is 1. The van der Waals surface area contributed by atoms with Crippen molar-refractivity contribution >= 4 is 6.03 Å². The van der Waals surface area contributed by atoms with Crippen LogP contribution < -0.4 is 20.1 Å². The minimum Gasteiger partial charge on any atom is -0.493 e. The van der Waals surface area contributed by atoms with Gasteiger partial charge in [0.05, 0.1) is 20.3 Å². The van der Waals surface area contributed by atoms with Gasteiger partial charge in [-0.2, -0.15) is 0 Å². The molecule has 2 aromatic carbocycles. The Bertz CT molecular complexity index is 779. The average molecular weight is 344 g/mol. The molecule has 1 unspecified atom stereocenters. The number of nitrogens with one attached hydrogen (secondary N) is 2. The lowest BCUT2D eigenvalue weighted by Gasteiger charge is -2.15. The Kier molecular flexibility index (Phi) is 5.07. The van der Waals surface area contributed by atoms with Gasteiger partial charge in [-0.3, -0.25) is 0 Å². The second-order valence-corrected chi connectivity index (χ2v) is 5.95. The normalized spacial score (nSPS) is 15.4. The molecule has 0 radical (unpaired) electrons. The van der Waals surface area contributed by atoms with Crippen LogP contribution in [0, 0.1) is 5.82 Å². The molecule has 0 bridgehead atoms. The van der Waals surface area contributed by atoms with Crippen LogP contribution in [-0.4, -0.2) is 20.3 Å². The lowest BCUT2D eigenvalue weighted by Crippen LogP contribution is -2.36. The van der Waals surface area contributed by atoms with Gasteiger partial charge in [-0.1, -0.05) is 12.1 Å². The van der Waals surface area contributed by atoms with Crippen LogP contribution in [0.15, 0.2) is 36.4 Å². The number of benzene rings is 2. The molecule has 0 aromatic heterocycles. The van der Waals surface area contributed by atoms with Crippen molar-refractivity contribution in [1.29, 1.82) is 0 Å². The molecule has 0 fully saturated rings. The molecule has 2 N–H and O–H groups in total. The highest BCUT2D eigenvalue weighted by atomic mass is 19.1. The largest absolute Gasteiger partial charge is 0.493 e. The zero-order valence-electron chi connectivity index (χ0n) is 14.3. The van der Waals surface area contributed by atoms with Crippen LogP contribution in [0.1, 0.15) is 29.2 Å². The molecule has 0 saturated heterocycles. The fraction of sp³-hybridized carbons (Fsp3) is 0.316. The van der Waals surface area contributed by atoms with Crippen molar-refractivity contribution in [2.75, 3.05) is 14.2 Å². The summed E-state index contributed by atoms with van der Waals surface area (Å²) in [5.41, 5.74) is 2.85. The van der Waals surface area contributed by atoms with Crippen molar-refractivity contribution in [3.05, 3.63) is 58.9 Å². The third-order valence-electron chi connectivity index (χ3n) is 4.39. The first-order valence-corrected chi connectivity index (χ1v) is 8.14. The molecule has 6 heteroatoms. The number of fused-ring (bicyclic) bond motifs is 1. The monoisotopic (exact) mass is 344 g/mol. The Balaban J connectivity index is 1.59. The summed E-state index contributed by atoms with van der Waals surface area (Å²) in [6.45, 7) is 0.356. The lowest BCUT2D eigenvalue weighted by molar-refractivity contribution is 0.236. The number of ether oxygens (including phenoxy) is 2. The average Bonchev–Trinajstić information content (AvgIpc) is 3.01. The molecule has 2 amide bonds. The van der Waals surface area contributed by atoms with Crippen molar-refractivity contribution in [1.82, 2.24) is 10.6 Å². The molecule has 2 aromatic rings. The Morgan fingerprint density at radius 3 is 2.72 bits per heavy atom. The SMILES string of the molecule is COc1ccc(CNC(=O)NC2CCc3ccc(F)cc32)cc1OC. The molecule has 3 rings (SSSR count). The summed E-state index contributed by atoms with van der Waals surface area (Å²) < 4.78 is 23.9. The fourth-order valence-electron chi connectivity index (χ4n) is 3.11. The third-order valence-corrected chi connectivity index (χ3v) is 4.39. The van der Waals surface area contributed by atoms with E-state index < -0.39 is 0 Å². The third kappa shape index (κ3) is 3.84. The molecule has 1 aliphatic rings. The van der Waals surface area contributed by atoms with Crippen LogP contribution in [0.3, 0.4) is 0 Å². The van der Waals surface area contributed by atoms with Gasteiger partial charge in [0, 0.05) is 6.54 Å². The van der Waals surface area contributed by atoms with Crippen molar-refractivity contribution < 1.29 is 18.7 Å². The van der Waals surface area contributed by atoms with Crippen LogP contribution >= 0.6 is 0 Å². The summed E-state index contributed by atoms with van der Waals surface area (Å²) in [4.78, 5) is 12.2. The minimum atomic E-state index is -0.281. The number of urea groups is 1. The predicted octanol–water partition coefficient (Wildman–Crippen LogP) is 3.33. The summed E-state index contributed by atoms with van der Waals surface area (Å²) >= 11 is 0. The van der Waals surface area contributed by atoms with Gasteiger partial charge in [-0.15, -0.1) is 0 Å². The van der Waals surface area contributed by atoms with E-state index >= 15 is 0 Å². The molecule has 0 aliphatic heterocycles. The maximum absolute atomic E-state index is 13.4. The number of aryl methyl sites for hydroxylation is 1. The van der Waals surface area contributed by atoms with Crippen molar-refractivity contribution in [3.63, 3.8) is 0 Å². The van der Waals surface area contributed by atoms with E-state index in [1.807, 2.05) is 12.1 Å². The number of halogens is 1. The quantitative estimate of drug-likeness (QED) is 0.875. The first-order valence-electron chi connectivity index (χ1n) is 8.14. The van der Waals surface area contributed by atoms with Gasteiger partial charge >= 0.3 is 6.03 Å². The second-order valence-electron chi connectivity index (χ2n) is 5.95. The summed E-state index contributed by atoms with van der Waals surface area (Å²) in [5, 5.41) is 5.73. The number of hydrogen-bond donors (Lipinski definition) is 2. The fourth-order valence-corrected chi connectivity index (χ4v) is 3.11. The van der Waals surface area contributed by atoms with E-state index in [1.54, 1.807) is 26.4 Å². The van der Waals surface area contributed by atoms with Crippen LogP contribution in [0.25, 0.3) is 0 Å². The van der Waals surface area contributed by atoms with Gasteiger partial charge < -0.3 is 20.1 Å². The molecule has 0 spiro atoms. The van der Waals surface area contributed by atoms with Gasteiger partial charge in [0.25, 0.3) is 0 Å². The summed E-state index contributed by atoms with van der Waals surface area (Å²) in [5.74, 6) is 0.973. The lowest BCUT2D eigenvalue weighted by atomic mass is 10.1. The predicted molar refractivity (Wildman–Crippen MR) is 92.4 cm³/mol. The summed E-state index contributed by atoms with van der Waals surface area (Å²) in [6, 6.07) is 9.78. The van der Waals surface area contributed by atoms with Crippen LogP contribution in [-0.2, 0) is 13.0 Å². The van der Waals surface area contributed by atoms with Crippen molar-refractivity contribution in [2.45, 2.75) is 25.4 Å². The van der Waals surface area contributed by atoms with Gasteiger partial charge in [-0.25, -0.2) is 9.18 Å². The minimum absolute atomic E-state index is 0.156. The molecular formula is C19H21FN2O3. The standard InChI is InChI=1S/C19H21FN2O3/c1-24-17-8-3-12(9-18(17)25-2)11-21-19(23)22-16-7-5-13-4-6-14(20)10-15(13)16/h3-4,6,8-10,16H,5,7,11H2,1-2H3,(H2,21,22,23). The zero-order chi connectivity index (χ0) is 17.8. The van der Waals surface area contributed by atoms with Gasteiger partial charge in [0.2, 0.25) is 0 Å². The van der Waals surface area contributed by atoms with E-state index in [-0.39, 0.29) is 17.9 Å². The van der Waals surface area contributed by atoms with E-state index in [2.05, 4.69) is 10.6 Å². The van der Waals surface area contributed by atoms with E-state index in [0.29, 0.717) is 18.0 Å². The topological polar surface area (TPSA) is 59.6 Å². The molecule has 25 heavy (non-hydrogen) atoms. The molecule has 1 aliphatic carbocycles. The number of amides is 2. The number of carbonyl (C=O) groups is 1. The maximum Gasteiger partial charge on any atom is 0.315 e. The van der Waals surface area contributed by atoms with Gasteiger partial charge in [0.1, 0.15) is 5.82 Å². The highest BCUT2D eigenvalue weighted by molar-refractivity contribution is 5.74. The van der Waals surface area contributed by atoms with E-state index in [4.69, 9.17) is 9.47 Å². The van der Waals surface area contributed by atoms with Gasteiger partial charge in [-0.05, 0) is 53.8 Å². The maximum atomic E-state index is 13.4. The van der Waals surface area contributed by atoms with E-state index in [9.17, 15) is 9.18 Å². The van der Waals surface area contributed by atoms with Crippen LogP contribution in [0.2, 0.25) is 0 Å². The van der Waals surface area contributed by atoms with E-state index in [0.717, 1.165) is 29.5 Å². The van der Waals surface area contributed by atoms with E-state index in [1.165, 1.54) is 12.1 Å². The smallest absolute Gasteiger partial charge is 0.315 e. The van der Waals surface area contributed by atoms with Gasteiger partial charge in [0.15, 0.2) is 11.5 Å². The summed E-state index contributed by atoms with van der Waals surface area (Å²) in [7, 11) is 3.14.